The minimum absolute atomic E-state index is 0.0185. The molecule has 0 aliphatic carbocycles. The van der Waals surface area contributed by atoms with Crippen LogP contribution in [0.3, 0.4) is 0 Å². The van der Waals surface area contributed by atoms with Gasteiger partial charge in [0.15, 0.2) is 11.6 Å². The molecule has 2 aromatic heterocycles. The second kappa shape index (κ2) is 19.6. The number of anilines is 4. The molecule has 2 unspecified atom stereocenters. The van der Waals surface area contributed by atoms with Crippen molar-refractivity contribution in [2.24, 2.45) is 5.92 Å². The van der Waals surface area contributed by atoms with Crippen molar-refractivity contribution in [2.45, 2.75) is 101 Å². The van der Waals surface area contributed by atoms with Crippen LogP contribution in [0.5, 0.6) is 11.5 Å². The van der Waals surface area contributed by atoms with Gasteiger partial charge in [0.25, 0.3) is 0 Å². The number of hydrogen-bond donors (Lipinski definition) is 1. The highest BCUT2D eigenvalue weighted by atomic mass is 16.5. The van der Waals surface area contributed by atoms with Crippen LogP contribution in [0.4, 0.5) is 23.0 Å². The zero-order chi connectivity index (χ0) is 37.7. The molecular weight excluding hydrogens is 633 g/mol. The van der Waals surface area contributed by atoms with Crippen molar-refractivity contribution in [1.82, 2.24) is 15.0 Å². The summed E-state index contributed by atoms with van der Waals surface area (Å²) >= 11 is 0. The van der Waals surface area contributed by atoms with Gasteiger partial charge in [0.1, 0.15) is 29.2 Å². The van der Waals surface area contributed by atoms with Crippen LogP contribution in [0.2, 0.25) is 0 Å². The van der Waals surface area contributed by atoms with Gasteiger partial charge in [-0.15, -0.1) is 0 Å². The molecule has 2 atom stereocenters. The molecule has 0 saturated heterocycles. The molecule has 1 aliphatic heterocycles. The minimum Gasteiger partial charge on any atom is -0.457 e. The van der Waals surface area contributed by atoms with Crippen molar-refractivity contribution in [3.63, 3.8) is 0 Å². The topological polar surface area (TPSA) is 83.5 Å². The second-order valence-corrected chi connectivity index (χ2v) is 13.3. The Hall–Kier alpha value is -4.72. The fourth-order valence-electron chi connectivity index (χ4n) is 5.93. The number of carbonyl (C=O) groups is 1. The number of pyridine rings is 1. The van der Waals surface area contributed by atoms with Gasteiger partial charge in [-0.25, -0.2) is 15.0 Å². The molecule has 4 aromatic rings. The van der Waals surface area contributed by atoms with E-state index < -0.39 is 0 Å². The van der Waals surface area contributed by atoms with Gasteiger partial charge in [-0.1, -0.05) is 67.4 Å². The number of aryl methyl sites for hydroxylation is 2. The van der Waals surface area contributed by atoms with E-state index in [0.717, 1.165) is 71.1 Å². The van der Waals surface area contributed by atoms with Crippen molar-refractivity contribution < 1.29 is 9.53 Å². The molecule has 8 nitrogen and oxygen atoms in total. The van der Waals surface area contributed by atoms with Crippen molar-refractivity contribution in [3.05, 3.63) is 89.9 Å². The van der Waals surface area contributed by atoms with E-state index in [2.05, 4.69) is 118 Å². The average molecular weight is 693 g/mol. The van der Waals surface area contributed by atoms with E-state index in [1.165, 1.54) is 42.7 Å². The van der Waals surface area contributed by atoms with Gasteiger partial charge in [-0.05, 0) is 111 Å². The summed E-state index contributed by atoms with van der Waals surface area (Å²) in [6.45, 7) is 26.1. The summed E-state index contributed by atoms with van der Waals surface area (Å²) < 4.78 is 6.40. The molecule has 0 radical (unpaired) electrons. The Labute approximate surface area is 307 Å². The molecule has 0 saturated carbocycles. The van der Waals surface area contributed by atoms with Gasteiger partial charge in [0, 0.05) is 43.6 Å². The van der Waals surface area contributed by atoms with Crippen molar-refractivity contribution in [2.75, 3.05) is 35.3 Å². The van der Waals surface area contributed by atoms with Crippen LogP contribution in [0.15, 0.2) is 73.2 Å². The molecular formula is C43H60N6O2. The van der Waals surface area contributed by atoms with Crippen LogP contribution in [0.1, 0.15) is 104 Å². The van der Waals surface area contributed by atoms with Crippen LogP contribution in [0.25, 0.3) is 11.0 Å². The van der Waals surface area contributed by atoms with E-state index in [0.29, 0.717) is 17.7 Å². The first kappa shape index (κ1) is 40.7. The van der Waals surface area contributed by atoms with Gasteiger partial charge >= 0.3 is 0 Å². The summed E-state index contributed by atoms with van der Waals surface area (Å²) in [6, 6.07) is 14.7. The summed E-state index contributed by atoms with van der Waals surface area (Å²) in [6.07, 6.45) is 9.82. The van der Waals surface area contributed by atoms with E-state index in [1.54, 1.807) is 6.33 Å². The van der Waals surface area contributed by atoms with Gasteiger partial charge < -0.3 is 19.9 Å². The molecule has 1 aliphatic rings. The summed E-state index contributed by atoms with van der Waals surface area (Å²) in [7, 11) is 2.10. The normalized spacial score (nSPS) is 13.8. The Morgan fingerprint density at radius 2 is 1.78 bits per heavy atom. The Morgan fingerprint density at radius 3 is 2.43 bits per heavy atom. The number of unbranched alkanes of at least 4 members (excludes halogenated alkanes) is 2. The first-order chi connectivity index (χ1) is 24.4. The molecule has 0 fully saturated rings. The van der Waals surface area contributed by atoms with Crippen molar-refractivity contribution in [3.8, 4) is 11.5 Å². The van der Waals surface area contributed by atoms with E-state index in [9.17, 15) is 4.79 Å². The highest BCUT2D eigenvalue weighted by Crippen LogP contribution is 2.40. The van der Waals surface area contributed by atoms with E-state index >= 15 is 0 Å². The molecule has 0 bridgehead atoms. The summed E-state index contributed by atoms with van der Waals surface area (Å²) in [5.41, 5.74) is 8.59. The number of nitrogens with zero attached hydrogens (tertiary/aromatic N) is 5. The van der Waals surface area contributed by atoms with Crippen LogP contribution in [0, 0.1) is 19.8 Å². The zero-order valence-corrected chi connectivity index (χ0v) is 32.9. The Kier molecular flexibility index (Phi) is 15.7. The molecule has 8 heteroatoms. The number of allylic oxidation sites excluding steroid dienone is 2. The van der Waals surface area contributed by atoms with E-state index in [1.807, 2.05) is 32.0 Å². The number of ether oxygens (including phenoxy) is 1. The predicted octanol–water partition coefficient (Wildman–Crippen LogP) is 11.5. The third kappa shape index (κ3) is 10.9. The number of hydrogen-bond acceptors (Lipinski definition) is 8. The molecule has 274 valence electrons. The summed E-state index contributed by atoms with van der Waals surface area (Å²) in [4.78, 5) is 28.7. The summed E-state index contributed by atoms with van der Waals surface area (Å²) in [5, 5.41) is 3.53. The fraction of sp³-hybridized carbons (Fsp3) is 0.442. The Morgan fingerprint density at radius 1 is 1.06 bits per heavy atom. The number of ketones is 1. The van der Waals surface area contributed by atoms with Gasteiger partial charge in [-0.2, -0.15) is 0 Å². The summed E-state index contributed by atoms with van der Waals surface area (Å²) in [5.74, 6) is 4.38. The Balaban J connectivity index is 0.000000923. The minimum atomic E-state index is 0.0185. The van der Waals surface area contributed by atoms with Crippen LogP contribution in [-0.4, -0.2) is 40.9 Å². The molecule has 2 aromatic carbocycles. The number of nitrogens with one attached hydrogen (secondary N) is 1. The lowest BCUT2D eigenvalue weighted by atomic mass is 9.90. The zero-order valence-electron chi connectivity index (χ0n) is 32.9. The maximum atomic E-state index is 9.69. The van der Waals surface area contributed by atoms with Crippen LogP contribution >= 0.6 is 0 Å². The lowest BCUT2D eigenvalue weighted by Gasteiger charge is -2.29. The Bertz CT molecular complexity index is 1800. The maximum absolute atomic E-state index is 9.69. The number of benzene rings is 2. The fourth-order valence-corrected chi connectivity index (χ4v) is 5.93. The van der Waals surface area contributed by atoms with Gasteiger partial charge in [-0.3, -0.25) is 4.79 Å². The lowest BCUT2D eigenvalue weighted by molar-refractivity contribution is -0.112. The van der Waals surface area contributed by atoms with E-state index in [4.69, 9.17) is 9.72 Å². The number of rotatable bonds is 13. The van der Waals surface area contributed by atoms with Crippen LogP contribution in [-0.2, 0) is 4.79 Å². The lowest BCUT2D eigenvalue weighted by Crippen LogP contribution is -2.31. The molecule has 5 rings (SSSR count). The highest BCUT2D eigenvalue weighted by molar-refractivity contribution is 5.89. The van der Waals surface area contributed by atoms with Gasteiger partial charge in [0.05, 0.1) is 5.52 Å². The molecule has 3 heterocycles. The highest BCUT2D eigenvalue weighted by Gasteiger charge is 2.21. The monoisotopic (exact) mass is 692 g/mol. The smallest absolute Gasteiger partial charge is 0.160 e. The first-order valence-corrected chi connectivity index (χ1v) is 18.6. The van der Waals surface area contributed by atoms with Crippen molar-refractivity contribution in [1.29, 1.82) is 0 Å². The van der Waals surface area contributed by atoms with Gasteiger partial charge in [0.2, 0.25) is 0 Å². The maximum Gasteiger partial charge on any atom is 0.160 e. The quantitative estimate of drug-likeness (QED) is 0.109. The first-order valence-electron chi connectivity index (χ1n) is 18.6. The molecule has 0 amide bonds. The number of carbonyl (C=O) groups excluding carboxylic acids is 1. The SMILES string of the molecule is C=CC(C)=O.CC.CCCCCN(CC(C)CC)c1nc2c(Nc3ccc(Oc4ccc5c(c4)C(C)C(C)=CN5C)c(C)c3)ncnc2cc1C. The third-order valence-corrected chi connectivity index (χ3v) is 9.21. The molecule has 1 N–H and O–H groups in total. The van der Waals surface area contributed by atoms with E-state index in [-0.39, 0.29) is 5.78 Å². The number of fused-ring (bicyclic) bond motifs is 2. The molecule has 0 spiro atoms. The second-order valence-electron chi connectivity index (χ2n) is 13.3. The average Bonchev–Trinajstić information content (AvgIpc) is 3.12. The van der Waals surface area contributed by atoms with Crippen molar-refractivity contribution >= 4 is 39.8 Å². The predicted molar refractivity (Wildman–Crippen MR) is 217 cm³/mol. The van der Waals surface area contributed by atoms with Crippen LogP contribution < -0.4 is 19.9 Å². The largest absolute Gasteiger partial charge is 0.457 e. The number of aromatic nitrogens is 3. The molecule has 51 heavy (non-hydrogen) atoms. The third-order valence-electron chi connectivity index (χ3n) is 9.21. The standard InChI is InChI=1S/C37H48N6O.C4H6O.C2H6/c1-9-11-12-17-43(21-24(3)10-2)37-26(5)19-32-35(41-37)36(39-23-38-32)40-29-13-16-34(25(4)18-29)44-30-14-15-33-31(20-30)28(7)27(6)22-42(33)8;1-3-4(2)5;1-2/h13-16,18-20,22-24,28H,9-12,17,21H2,1-8H3,(H,38,39,40);3H,1H2,2H3;1-2H3.